The lowest BCUT2D eigenvalue weighted by Gasteiger charge is -2.22. The lowest BCUT2D eigenvalue weighted by Crippen LogP contribution is -2.23. The lowest BCUT2D eigenvalue weighted by molar-refractivity contribution is 0.408. The fourth-order valence-corrected chi connectivity index (χ4v) is 3.43. The van der Waals surface area contributed by atoms with Gasteiger partial charge in [0.15, 0.2) is 12.3 Å². The van der Waals surface area contributed by atoms with Crippen molar-refractivity contribution in [2.45, 2.75) is 12.3 Å². The van der Waals surface area contributed by atoms with E-state index in [9.17, 15) is 0 Å². The summed E-state index contributed by atoms with van der Waals surface area (Å²) in [6, 6.07) is 16.0. The van der Waals surface area contributed by atoms with Gasteiger partial charge in [-0.15, -0.1) is 0 Å². The van der Waals surface area contributed by atoms with Gasteiger partial charge in [-0.25, -0.2) is 18.7 Å². The molecule has 4 heterocycles. The standard InChI is InChI=1S/C20H18N8/c1-6-17(19(25-12-2-8-21-25)26-13-3-9-22-26)16-18(7-1)20(27-14-4-10-23-27)28-15-5-11-24-28/h1-16,19-20H. The number of rotatable bonds is 6. The Morgan fingerprint density at radius 3 is 1.14 bits per heavy atom. The van der Waals surface area contributed by atoms with Gasteiger partial charge in [-0.05, 0) is 41.5 Å². The maximum atomic E-state index is 4.44. The largest absolute Gasteiger partial charge is 0.244 e. The van der Waals surface area contributed by atoms with E-state index in [0.717, 1.165) is 11.1 Å². The van der Waals surface area contributed by atoms with Crippen LogP contribution in [-0.4, -0.2) is 39.1 Å². The van der Waals surface area contributed by atoms with Crippen molar-refractivity contribution in [3.05, 3.63) is 109 Å². The molecule has 0 bridgehead atoms. The van der Waals surface area contributed by atoms with Crippen LogP contribution < -0.4 is 0 Å². The molecule has 0 aliphatic rings. The Hall–Kier alpha value is -3.94. The molecule has 5 rings (SSSR count). The minimum absolute atomic E-state index is 0.180. The molecule has 0 aliphatic heterocycles. The molecule has 138 valence electrons. The zero-order chi connectivity index (χ0) is 18.8. The number of benzene rings is 1. The average molecular weight is 370 g/mol. The Morgan fingerprint density at radius 2 is 0.857 bits per heavy atom. The van der Waals surface area contributed by atoms with Crippen LogP contribution in [-0.2, 0) is 0 Å². The number of hydrogen-bond donors (Lipinski definition) is 0. The van der Waals surface area contributed by atoms with E-state index in [-0.39, 0.29) is 12.3 Å². The highest BCUT2D eigenvalue weighted by Gasteiger charge is 2.21. The second-order valence-corrected chi connectivity index (χ2v) is 6.36. The summed E-state index contributed by atoms with van der Waals surface area (Å²) in [6.07, 6.45) is 14.5. The van der Waals surface area contributed by atoms with Gasteiger partial charge in [-0.1, -0.05) is 18.2 Å². The van der Waals surface area contributed by atoms with E-state index in [2.05, 4.69) is 38.6 Å². The van der Waals surface area contributed by atoms with Gasteiger partial charge in [0.1, 0.15) is 0 Å². The van der Waals surface area contributed by atoms with Gasteiger partial charge in [-0.3, -0.25) is 0 Å². The van der Waals surface area contributed by atoms with Gasteiger partial charge in [-0.2, -0.15) is 20.4 Å². The third kappa shape index (κ3) is 2.90. The molecule has 0 radical (unpaired) electrons. The normalized spacial score (nSPS) is 11.5. The zero-order valence-corrected chi connectivity index (χ0v) is 15.0. The molecule has 8 heteroatoms. The summed E-state index contributed by atoms with van der Waals surface area (Å²) in [6.45, 7) is 0. The average Bonchev–Trinajstić information content (AvgIpc) is 3.51. The molecule has 5 aromatic rings. The van der Waals surface area contributed by atoms with Crippen LogP contribution >= 0.6 is 0 Å². The second kappa shape index (κ2) is 6.99. The highest BCUT2D eigenvalue weighted by molar-refractivity contribution is 5.29. The summed E-state index contributed by atoms with van der Waals surface area (Å²) in [7, 11) is 0. The van der Waals surface area contributed by atoms with Crippen LogP contribution in [0.4, 0.5) is 0 Å². The number of nitrogens with zero attached hydrogens (tertiary/aromatic N) is 8. The highest BCUT2D eigenvalue weighted by atomic mass is 15.4. The van der Waals surface area contributed by atoms with E-state index in [1.54, 1.807) is 24.8 Å². The Labute approximate surface area is 161 Å². The van der Waals surface area contributed by atoms with E-state index in [1.165, 1.54) is 0 Å². The van der Waals surface area contributed by atoms with Gasteiger partial charge < -0.3 is 0 Å². The van der Waals surface area contributed by atoms with Crippen molar-refractivity contribution in [2.24, 2.45) is 0 Å². The van der Waals surface area contributed by atoms with Crippen molar-refractivity contribution in [1.82, 2.24) is 39.1 Å². The van der Waals surface area contributed by atoms with Crippen LogP contribution in [0.2, 0.25) is 0 Å². The SMILES string of the molecule is c1cc(C(n2cccn2)n2cccn2)cc(C(n2cccn2)n2cccn2)c1. The predicted octanol–water partition coefficient (Wildman–Crippen LogP) is 2.66. The number of aromatic nitrogens is 8. The van der Waals surface area contributed by atoms with Crippen LogP contribution in [0.5, 0.6) is 0 Å². The Kier molecular flexibility index (Phi) is 4.06. The van der Waals surface area contributed by atoms with E-state index in [0.29, 0.717) is 0 Å². The quantitative estimate of drug-likeness (QED) is 0.461. The first-order valence-corrected chi connectivity index (χ1v) is 8.96. The lowest BCUT2D eigenvalue weighted by atomic mass is 10.1. The van der Waals surface area contributed by atoms with Crippen LogP contribution in [0, 0.1) is 0 Å². The van der Waals surface area contributed by atoms with Gasteiger partial charge in [0.2, 0.25) is 0 Å². The van der Waals surface area contributed by atoms with E-state index < -0.39 is 0 Å². The molecule has 0 aliphatic carbocycles. The zero-order valence-electron chi connectivity index (χ0n) is 15.0. The maximum absolute atomic E-state index is 4.44. The second-order valence-electron chi connectivity index (χ2n) is 6.36. The van der Waals surface area contributed by atoms with Crippen molar-refractivity contribution in [3.63, 3.8) is 0 Å². The first-order chi connectivity index (χ1) is 13.9. The fraction of sp³-hybridized carbons (Fsp3) is 0.100. The summed E-state index contributed by atoms with van der Waals surface area (Å²) >= 11 is 0. The van der Waals surface area contributed by atoms with Gasteiger partial charge in [0.25, 0.3) is 0 Å². The molecule has 0 atom stereocenters. The summed E-state index contributed by atoms with van der Waals surface area (Å²) in [5.41, 5.74) is 2.13. The highest BCUT2D eigenvalue weighted by Crippen LogP contribution is 2.25. The molecule has 8 nitrogen and oxygen atoms in total. The summed E-state index contributed by atoms with van der Waals surface area (Å²) in [4.78, 5) is 0. The predicted molar refractivity (Wildman–Crippen MR) is 102 cm³/mol. The van der Waals surface area contributed by atoms with Gasteiger partial charge in [0.05, 0.1) is 0 Å². The molecule has 0 fully saturated rings. The molecule has 28 heavy (non-hydrogen) atoms. The van der Waals surface area contributed by atoms with Crippen molar-refractivity contribution in [3.8, 4) is 0 Å². The minimum atomic E-state index is -0.180. The van der Waals surface area contributed by atoms with E-state index in [4.69, 9.17) is 0 Å². The summed E-state index contributed by atoms with van der Waals surface area (Å²) in [5, 5.41) is 17.8. The molecule has 0 saturated carbocycles. The van der Waals surface area contributed by atoms with Crippen LogP contribution in [0.3, 0.4) is 0 Å². The third-order valence-electron chi connectivity index (χ3n) is 4.61. The van der Waals surface area contributed by atoms with Crippen molar-refractivity contribution >= 4 is 0 Å². The summed E-state index contributed by atoms with van der Waals surface area (Å²) in [5.74, 6) is 0. The van der Waals surface area contributed by atoms with E-state index >= 15 is 0 Å². The molecule has 0 amide bonds. The van der Waals surface area contributed by atoms with Crippen LogP contribution in [0.1, 0.15) is 23.5 Å². The molecule has 4 aromatic heterocycles. The summed E-state index contributed by atoms with van der Waals surface area (Å²) < 4.78 is 7.57. The Bertz CT molecular complexity index is 953. The van der Waals surface area contributed by atoms with Crippen molar-refractivity contribution in [2.75, 3.05) is 0 Å². The van der Waals surface area contributed by atoms with Crippen molar-refractivity contribution < 1.29 is 0 Å². The Morgan fingerprint density at radius 1 is 0.500 bits per heavy atom. The van der Waals surface area contributed by atoms with Crippen LogP contribution in [0.15, 0.2) is 98.1 Å². The maximum Gasteiger partial charge on any atom is 0.168 e. The fourth-order valence-electron chi connectivity index (χ4n) is 3.43. The third-order valence-corrected chi connectivity index (χ3v) is 4.61. The molecule has 0 spiro atoms. The van der Waals surface area contributed by atoms with Gasteiger partial charge in [0, 0.05) is 49.6 Å². The van der Waals surface area contributed by atoms with Gasteiger partial charge >= 0.3 is 0 Å². The van der Waals surface area contributed by atoms with Crippen LogP contribution in [0.25, 0.3) is 0 Å². The first kappa shape index (κ1) is 16.2. The van der Waals surface area contributed by atoms with E-state index in [1.807, 2.05) is 73.8 Å². The topological polar surface area (TPSA) is 71.3 Å². The Balaban J connectivity index is 1.62. The minimum Gasteiger partial charge on any atom is -0.244 e. The molecule has 0 saturated heterocycles. The first-order valence-electron chi connectivity index (χ1n) is 8.96. The molecule has 0 N–H and O–H groups in total. The molecule has 0 unspecified atom stereocenters. The number of hydrogen-bond acceptors (Lipinski definition) is 4. The molecular weight excluding hydrogens is 352 g/mol. The monoisotopic (exact) mass is 370 g/mol. The molecule has 1 aromatic carbocycles. The smallest absolute Gasteiger partial charge is 0.168 e. The molecular formula is C20H18N8. The van der Waals surface area contributed by atoms with Crippen molar-refractivity contribution in [1.29, 1.82) is 0 Å².